The van der Waals surface area contributed by atoms with Crippen molar-refractivity contribution in [3.8, 4) is 0 Å². The minimum atomic E-state index is -0.472. The van der Waals surface area contributed by atoms with Crippen LogP contribution < -0.4 is 10.9 Å². The molecule has 0 radical (unpaired) electrons. The second-order valence-electron chi connectivity index (χ2n) is 5.29. The van der Waals surface area contributed by atoms with Crippen LogP contribution in [0, 0.1) is 0 Å². The highest BCUT2D eigenvalue weighted by Gasteiger charge is 2.32. The van der Waals surface area contributed by atoms with E-state index in [1.54, 1.807) is 7.11 Å². The first-order chi connectivity index (χ1) is 9.64. The van der Waals surface area contributed by atoms with Crippen molar-refractivity contribution < 1.29 is 9.47 Å². The average Bonchev–Trinajstić information content (AvgIpc) is 2.44. The standard InChI is InChI=1S/C14H23N3O3/c1-14(5-3-4-7-20-14)13-16-11(9-12(18)17-13)10-15-6-8-19-2/h9,15H,3-8,10H2,1-2H3,(H,16,17,18). The first-order valence-electron chi connectivity index (χ1n) is 7.08. The number of aromatic amines is 1. The molecule has 0 amide bonds. The highest BCUT2D eigenvalue weighted by atomic mass is 16.5. The van der Waals surface area contributed by atoms with Crippen LogP contribution in [-0.2, 0) is 21.6 Å². The van der Waals surface area contributed by atoms with Crippen molar-refractivity contribution in [2.75, 3.05) is 26.9 Å². The van der Waals surface area contributed by atoms with E-state index >= 15 is 0 Å². The van der Waals surface area contributed by atoms with Crippen LogP contribution in [0.4, 0.5) is 0 Å². The van der Waals surface area contributed by atoms with E-state index in [2.05, 4.69) is 15.3 Å². The lowest BCUT2D eigenvalue weighted by Gasteiger charge is -2.32. The fraction of sp³-hybridized carbons (Fsp3) is 0.714. The second-order valence-corrected chi connectivity index (χ2v) is 5.29. The maximum absolute atomic E-state index is 11.8. The summed E-state index contributed by atoms with van der Waals surface area (Å²) in [4.78, 5) is 19.1. The van der Waals surface area contributed by atoms with Gasteiger partial charge in [0.15, 0.2) is 0 Å². The third kappa shape index (κ3) is 3.88. The monoisotopic (exact) mass is 281 g/mol. The zero-order valence-electron chi connectivity index (χ0n) is 12.2. The molecular formula is C14H23N3O3. The van der Waals surface area contributed by atoms with Crippen molar-refractivity contribution in [2.24, 2.45) is 0 Å². The molecule has 0 aliphatic carbocycles. The number of ether oxygens (including phenoxy) is 2. The molecule has 1 fully saturated rings. The van der Waals surface area contributed by atoms with E-state index in [0.717, 1.165) is 38.1 Å². The Morgan fingerprint density at radius 3 is 3.10 bits per heavy atom. The molecule has 1 aromatic rings. The smallest absolute Gasteiger partial charge is 0.251 e. The number of H-pyrrole nitrogens is 1. The van der Waals surface area contributed by atoms with E-state index in [0.29, 0.717) is 19.0 Å². The van der Waals surface area contributed by atoms with Gasteiger partial charge in [-0.1, -0.05) is 0 Å². The maximum atomic E-state index is 11.8. The summed E-state index contributed by atoms with van der Waals surface area (Å²) < 4.78 is 10.8. The third-order valence-corrected chi connectivity index (χ3v) is 3.55. The molecule has 1 atom stereocenters. The van der Waals surface area contributed by atoms with E-state index in [-0.39, 0.29) is 5.56 Å². The number of hydrogen-bond donors (Lipinski definition) is 2. The van der Waals surface area contributed by atoms with Crippen LogP contribution in [-0.4, -0.2) is 36.8 Å². The van der Waals surface area contributed by atoms with Crippen LogP contribution in [0.5, 0.6) is 0 Å². The number of nitrogens with zero attached hydrogens (tertiary/aromatic N) is 1. The van der Waals surface area contributed by atoms with E-state index in [9.17, 15) is 4.79 Å². The zero-order valence-corrected chi connectivity index (χ0v) is 12.2. The van der Waals surface area contributed by atoms with Gasteiger partial charge in [0.25, 0.3) is 5.56 Å². The Morgan fingerprint density at radius 1 is 1.55 bits per heavy atom. The lowest BCUT2D eigenvalue weighted by molar-refractivity contribution is -0.0763. The van der Waals surface area contributed by atoms with Crippen LogP contribution >= 0.6 is 0 Å². The molecule has 0 aromatic carbocycles. The maximum Gasteiger partial charge on any atom is 0.251 e. The second kappa shape index (κ2) is 6.97. The van der Waals surface area contributed by atoms with Crippen molar-refractivity contribution in [1.29, 1.82) is 0 Å². The van der Waals surface area contributed by atoms with Gasteiger partial charge in [0, 0.05) is 32.9 Å². The summed E-state index contributed by atoms with van der Waals surface area (Å²) >= 11 is 0. The molecule has 2 N–H and O–H groups in total. The third-order valence-electron chi connectivity index (χ3n) is 3.55. The fourth-order valence-corrected chi connectivity index (χ4v) is 2.36. The predicted molar refractivity (Wildman–Crippen MR) is 75.6 cm³/mol. The normalized spacial score (nSPS) is 22.9. The van der Waals surface area contributed by atoms with Gasteiger partial charge in [-0.25, -0.2) is 4.98 Å². The van der Waals surface area contributed by atoms with E-state index < -0.39 is 5.60 Å². The highest BCUT2D eigenvalue weighted by Crippen LogP contribution is 2.31. The van der Waals surface area contributed by atoms with Gasteiger partial charge in [-0.15, -0.1) is 0 Å². The molecule has 1 aromatic heterocycles. The number of rotatable bonds is 6. The van der Waals surface area contributed by atoms with Crippen molar-refractivity contribution in [1.82, 2.24) is 15.3 Å². The molecule has 0 bridgehead atoms. The number of aromatic nitrogens is 2. The van der Waals surface area contributed by atoms with Gasteiger partial charge in [-0.3, -0.25) is 4.79 Å². The molecule has 2 heterocycles. The highest BCUT2D eigenvalue weighted by molar-refractivity contribution is 5.08. The van der Waals surface area contributed by atoms with Gasteiger partial charge < -0.3 is 19.8 Å². The van der Waals surface area contributed by atoms with Crippen molar-refractivity contribution >= 4 is 0 Å². The van der Waals surface area contributed by atoms with Gasteiger partial charge >= 0.3 is 0 Å². The largest absolute Gasteiger partial charge is 0.383 e. The Balaban J connectivity index is 2.09. The SMILES string of the molecule is COCCNCc1cc(=O)[nH]c(C2(C)CCCCO2)n1. The average molecular weight is 281 g/mol. The molecule has 1 saturated heterocycles. The van der Waals surface area contributed by atoms with Gasteiger partial charge in [-0.2, -0.15) is 0 Å². The number of nitrogens with one attached hydrogen (secondary N) is 2. The van der Waals surface area contributed by atoms with Crippen LogP contribution in [0.25, 0.3) is 0 Å². The molecule has 20 heavy (non-hydrogen) atoms. The lowest BCUT2D eigenvalue weighted by Crippen LogP contribution is -2.35. The van der Waals surface area contributed by atoms with Gasteiger partial charge in [-0.05, 0) is 26.2 Å². The van der Waals surface area contributed by atoms with Gasteiger partial charge in [0.1, 0.15) is 11.4 Å². The predicted octanol–water partition coefficient (Wildman–Crippen LogP) is 0.922. The molecule has 0 saturated carbocycles. The topological polar surface area (TPSA) is 76.2 Å². The Kier molecular flexibility index (Phi) is 5.28. The van der Waals surface area contributed by atoms with Crippen LogP contribution in [0.2, 0.25) is 0 Å². The number of hydrogen-bond acceptors (Lipinski definition) is 5. The Labute approximate surface area is 118 Å². The first kappa shape index (κ1) is 15.2. The summed E-state index contributed by atoms with van der Waals surface area (Å²) in [5.74, 6) is 0.633. The minimum Gasteiger partial charge on any atom is -0.383 e. The summed E-state index contributed by atoms with van der Waals surface area (Å²) in [7, 11) is 1.66. The quantitative estimate of drug-likeness (QED) is 0.758. The molecule has 2 rings (SSSR count). The van der Waals surface area contributed by atoms with Crippen LogP contribution in [0.1, 0.15) is 37.7 Å². The molecular weight excluding hydrogens is 258 g/mol. The summed E-state index contributed by atoms with van der Waals surface area (Å²) in [6.07, 6.45) is 3.05. The molecule has 1 aliphatic rings. The molecule has 1 unspecified atom stereocenters. The van der Waals surface area contributed by atoms with Gasteiger partial charge in [0.2, 0.25) is 0 Å². The van der Waals surface area contributed by atoms with Gasteiger partial charge in [0.05, 0.1) is 12.3 Å². The summed E-state index contributed by atoms with van der Waals surface area (Å²) in [5.41, 5.74) is 0.129. The first-order valence-corrected chi connectivity index (χ1v) is 7.08. The lowest BCUT2D eigenvalue weighted by atomic mass is 9.95. The van der Waals surface area contributed by atoms with E-state index in [1.165, 1.54) is 6.07 Å². The Hall–Kier alpha value is -1.24. The van der Waals surface area contributed by atoms with Crippen molar-refractivity contribution in [3.63, 3.8) is 0 Å². The minimum absolute atomic E-state index is 0.131. The Bertz CT molecular complexity index is 481. The van der Waals surface area contributed by atoms with E-state index in [1.807, 2.05) is 6.92 Å². The molecule has 6 heteroatoms. The molecule has 6 nitrogen and oxygen atoms in total. The number of methoxy groups -OCH3 is 1. The molecule has 1 aliphatic heterocycles. The summed E-state index contributed by atoms with van der Waals surface area (Å²) in [6, 6.07) is 1.52. The summed E-state index contributed by atoms with van der Waals surface area (Å²) in [6.45, 7) is 4.63. The molecule has 112 valence electrons. The zero-order chi connectivity index (χ0) is 14.4. The Morgan fingerprint density at radius 2 is 2.40 bits per heavy atom. The summed E-state index contributed by atoms with van der Waals surface area (Å²) in [5, 5.41) is 3.19. The van der Waals surface area contributed by atoms with Crippen LogP contribution in [0.15, 0.2) is 10.9 Å². The van der Waals surface area contributed by atoms with Crippen molar-refractivity contribution in [3.05, 3.63) is 27.9 Å². The van der Waals surface area contributed by atoms with Crippen LogP contribution in [0.3, 0.4) is 0 Å². The fourth-order valence-electron chi connectivity index (χ4n) is 2.36. The van der Waals surface area contributed by atoms with E-state index in [4.69, 9.17) is 9.47 Å². The van der Waals surface area contributed by atoms with Crippen molar-refractivity contribution in [2.45, 2.75) is 38.3 Å². The molecule has 0 spiro atoms.